The van der Waals surface area contributed by atoms with Crippen LogP contribution in [0.3, 0.4) is 0 Å². The van der Waals surface area contributed by atoms with Crippen molar-refractivity contribution >= 4 is 11.6 Å². The smallest absolute Gasteiger partial charge is 0.253 e. The Balaban J connectivity index is 1.64. The molecule has 0 saturated carbocycles. The Morgan fingerprint density at radius 1 is 1.00 bits per heavy atom. The average molecular weight is 301 g/mol. The number of hydrogen-bond acceptors (Lipinski definition) is 3. The first-order valence-corrected chi connectivity index (χ1v) is 7.12. The lowest BCUT2D eigenvalue weighted by Crippen LogP contribution is -2.48. The lowest BCUT2D eigenvalue weighted by atomic mass is 10.1. The summed E-state index contributed by atoms with van der Waals surface area (Å²) in [4.78, 5) is 29.9. The van der Waals surface area contributed by atoms with Crippen molar-refractivity contribution in [3.63, 3.8) is 0 Å². The Morgan fingerprint density at radius 3 is 2.27 bits per heavy atom. The van der Waals surface area contributed by atoms with E-state index in [4.69, 9.17) is 0 Å². The molecule has 2 heterocycles. The van der Waals surface area contributed by atoms with Crippen LogP contribution >= 0.6 is 0 Å². The molecule has 3 rings (SSSR count). The van der Waals surface area contributed by atoms with Crippen molar-refractivity contribution in [1.82, 2.24) is 9.88 Å². The third kappa shape index (κ3) is 3.00. The van der Waals surface area contributed by atoms with Crippen LogP contribution in [0.15, 0.2) is 47.4 Å². The molecule has 1 aromatic carbocycles. The van der Waals surface area contributed by atoms with E-state index in [1.54, 1.807) is 17.2 Å². The van der Waals surface area contributed by atoms with Crippen LogP contribution in [0.5, 0.6) is 0 Å². The van der Waals surface area contributed by atoms with Gasteiger partial charge in [-0.2, -0.15) is 0 Å². The van der Waals surface area contributed by atoms with E-state index in [0.29, 0.717) is 31.7 Å². The molecule has 0 atom stereocenters. The number of H-pyrrole nitrogens is 1. The number of aromatic nitrogens is 1. The van der Waals surface area contributed by atoms with Gasteiger partial charge in [0.05, 0.1) is 5.69 Å². The van der Waals surface area contributed by atoms with Gasteiger partial charge in [0.1, 0.15) is 5.82 Å². The molecule has 0 radical (unpaired) electrons. The van der Waals surface area contributed by atoms with E-state index < -0.39 is 0 Å². The van der Waals surface area contributed by atoms with E-state index in [0.717, 1.165) is 5.69 Å². The van der Waals surface area contributed by atoms with Crippen LogP contribution < -0.4 is 10.5 Å². The molecule has 0 unspecified atom stereocenters. The predicted octanol–water partition coefficient (Wildman–Crippen LogP) is 1.48. The van der Waals surface area contributed by atoms with E-state index in [1.165, 1.54) is 30.3 Å². The van der Waals surface area contributed by atoms with Crippen LogP contribution in [0.1, 0.15) is 10.4 Å². The summed E-state index contributed by atoms with van der Waals surface area (Å²) < 4.78 is 12.9. The molecule has 1 amide bonds. The minimum atomic E-state index is -0.348. The van der Waals surface area contributed by atoms with E-state index in [2.05, 4.69) is 9.88 Å². The molecule has 22 heavy (non-hydrogen) atoms. The van der Waals surface area contributed by atoms with Gasteiger partial charge in [-0.3, -0.25) is 9.59 Å². The van der Waals surface area contributed by atoms with E-state index in [9.17, 15) is 14.0 Å². The molecule has 2 aromatic rings. The van der Waals surface area contributed by atoms with Crippen LogP contribution in [0.4, 0.5) is 10.1 Å². The lowest BCUT2D eigenvalue weighted by molar-refractivity contribution is 0.0746. The van der Waals surface area contributed by atoms with Gasteiger partial charge in [0.25, 0.3) is 5.91 Å². The molecule has 0 spiro atoms. The Labute approximate surface area is 127 Å². The number of hydrogen-bond donors (Lipinski definition) is 1. The minimum Gasteiger partial charge on any atom is -0.367 e. The van der Waals surface area contributed by atoms with Crippen molar-refractivity contribution in [2.24, 2.45) is 0 Å². The van der Waals surface area contributed by atoms with Gasteiger partial charge in [-0.25, -0.2) is 4.39 Å². The van der Waals surface area contributed by atoms with Gasteiger partial charge in [-0.1, -0.05) is 0 Å². The first kappa shape index (κ1) is 14.3. The molecule has 1 saturated heterocycles. The largest absolute Gasteiger partial charge is 0.367 e. The third-order valence-corrected chi connectivity index (χ3v) is 3.79. The van der Waals surface area contributed by atoms with Gasteiger partial charge < -0.3 is 14.8 Å². The van der Waals surface area contributed by atoms with E-state index in [-0.39, 0.29) is 17.3 Å². The van der Waals surface area contributed by atoms with Gasteiger partial charge >= 0.3 is 0 Å². The number of halogens is 1. The topological polar surface area (TPSA) is 56.4 Å². The molecule has 1 aliphatic heterocycles. The molecule has 1 N–H and O–H groups in total. The number of piperazine rings is 1. The molecule has 0 bridgehead atoms. The summed E-state index contributed by atoms with van der Waals surface area (Å²) in [5.41, 5.74) is 1.31. The normalized spacial score (nSPS) is 15.0. The fourth-order valence-electron chi connectivity index (χ4n) is 2.54. The van der Waals surface area contributed by atoms with Crippen LogP contribution in [0.2, 0.25) is 0 Å². The molecule has 114 valence electrons. The Hall–Kier alpha value is -2.63. The Morgan fingerprint density at radius 2 is 1.68 bits per heavy atom. The fraction of sp³-hybridized carbons (Fsp3) is 0.250. The van der Waals surface area contributed by atoms with Crippen molar-refractivity contribution in [3.8, 4) is 0 Å². The third-order valence-electron chi connectivity index (χ3n) is 3.79. The number of benzene rings is 1. The Bertz CT molecular complexity index is 698. The fourth-order valence-corrected chi connectivity index (χ4v) is 2.54. The standard InChI is InChI=1S/C16H16FN3O2/c17-13-3-1-12(2-4-13)16(22)20-9-7-19(8-10-20)14-5-6-15(21)18-11-14/h1-6,11H,7-10H2,(H,18,21). The molecular formula is C16H16FN3O2. The highest BCUT2D eigenvalue weighted by molar-refractivity contribution is 5.94. The average Bonchev–Trinajstić information content (AvgIpc) is 2.56. The van der Waals surface area contributed by atoms with Crippen molar-refractivity contribution in [1.29, 1.82) is 0 Å². The summed E-state index contributed by atoms with van der Waals surface area (Å²) in [7, 11) is 0. The second-order valence-electron chi connectivity index (χ2n) is 5.20. The minimum absolute atomic E-state index is 0.0823. The van der Waals surface area contributed by atoms with Crippen LogP contribution in [-0.2, 0) is 0 Å². The van der Waals surface area contributed by atoms with Crippen LogP contribution in [-0.4, -0.2) is 42.0 Å². The van der Waals surface area contributed by atoms with Crippen LogP contribution in [0, 0.1) is 5.82 Å². The van der Waals surface area contributed by atoms with Gasteiger partial charge in [0, 0.05) is 44.0 Å². The lowest BCUT2D eigenvalue weighted by Gasteiger charge is -2.36. The molecule has 6 heteroatoms. The summed E-state index contributed by atoms with van der Waals surface area (Å²) in [6, 6.07) is 8.87. The van der Waals surface area contributed by atoms with Crippen molar-refractivity contribution in [2.75, 3.05) is 31.1 Å². The number of pyridine rings is 1. The monoisotopic (exact) mass is 301 g/mol. The highest BCUT2D eigenvalue weighted by Gasteiger charge is 2.22. The molecule has 1 aliphatic rings. The van der Waals surface area contributed by atoms with Gasteiger partial charge in [-0.15, -0.1) is 0 Å². The maximum absolute atomic E-state index is 12.9. The first-order valence-electron chi connectivity index (χ1n) is 7.12. The summed E-state index contributed by atoms with van der Waals surface area (Å²) in [5.74, 6) is -0.430. The molecule has 1 fully saturated rings. The zero-order valence-corrected chi connectivity index (χ0v) is 12.0. The van der Waals surface area contributed by atoms with Crippen molar-refractivity contribution in [3.05, 3.63) is 64.3 Å². The molecular weight excluding hydrogens is 285 g/mol. The Kier molecular flexibility index (Phi) is 3.91. The second kappa shape index (κ2) is 6.01. The number of anilines is 1. The van der Waals surface area contributed by atoms with E-state index >= 15 is 0 Å². The molecule has 5 nitrogen and oxygen atoms in total. The predicted molar refractivity (Wildman–Crippen MR) is 81.6 cm³/mol. The number of rotatable bonds is 2. The summed E-state index contributed by atoms with van der Waals surface area (Å²) in [6.45, 7) is 2.57. The quantitative estimate of drug-likeness (QED) is 0.914. The second-order valence-corrected chi connectivity index (χ2v) is 5.20. The highest BCUT2D eigenvalue weighted by Crippen LogP contribution is 2.15. The maximum atomic E-state index is 12.9. The number of aromatic amines is 1. The maximum Gasteiger partial charge on any atom is 0.253 e. The number of carbonyl (C=O) groups is 1. The SMILES string of the molecule is O=C(c1ccc(F)cc1)N1CCN(c2ccc(=O)[nH]c2)CC1. The number of nitrogens with zero attached hydrogens (tertiary/aromatic N) is 2. The van der Waals surface area contributed by atoms with Gasteiger partial charge in [-0.05, 0) is 30.3 Å². The number of carbonyl (C=O) groups excluding carboxylic acids is 1. The summed E-state index contributed by atoms with van der Waals surface area (Å²) in [5, 5.41) is 0. The number of amides is 1. The van der Waals surface area contributed by atoms with Crippen molar-refractivity contribution < 1.29 is 9.18 Å². The van der Waals surface area contributed by atoms with Gasteiger partial charge in [0.2, 0.25) is 5.56 Å². The van der Waals surface area contributed by atoms with Gasteiger partial charge in [0.15, 0.2) is 0 Å². The zero-order valence-electron chi connectivity index (χ0n) is 12.0. The highest BCUT2D eigenvalue weighted by atomic mass is 19.1. The summed E-state index contributed by atoms with van der Waals surface area (Å²) >= 11 is 0. The summed E-state index contributed by atoms with van der Waals surface area (Å²) in [6.07, 6.45) is 1.68. The van der Waals surface area contributed by atoms with Crippen molar-refractivity contribution in [2.45, 2.75) is 0 Å². The molecule has 1 aromatic heterocycles. The first-order chi connectivity index (χ1) is 10.6. The van der Waals surface area contributed by atoms with Crippen LogP contribution in [0.25, 0.3) is 0 Å². The molecule has 0 aliphatic carbocycles. The van der Waals surface area contributed by atoms with E-state index in [1.807, 2.05) is 0 Å². The number of nitrogens with one attached hydrogen (secondary N) is 1. The zero-order chi connectivity index (χ0) is 15.5.